The summed E-state index contributed by atoms with van der Waals surface area (Å²) < 4.78 is 43.8. The second-order valence-electron chi connectivity index (χ2n) is 7.34. The SMILES string of the molecule is COc1ccc([C@H]2C=C(c3ccccc3)NN2C(=O)CSc2ncc(C(F)(F)F)cc2Cl)cc1. The fraction of sp³-hybridized carbons (Fsp3) is 0.167. The number of thioether (sulfide) groups is 1. The number of benzene rings is 2. The Labute approximate surface area is 203 Å². The van der Waals surface area contributed by atoms with Crippen LogP contribution >= 0.6 is 23.4 Å². The lowest BCUT2D eigenvalue weighted by molar-refractivity contribution is -0.138. The van der Waals surface area contributed by atoms with Crippen molar-refractivity contribution >= 4 is 35.0 Å². The van der Waals surface area contributed by atoms with Crippen LogP contribution in [0.25, 0.3) is 5.70 Å². The van der Waals surface area contributed by atoms with Gasteiger partial charge in [0.25, 0.3) is 5.91 Å². The molecule has 2 heterocycles. The maximum absolute atomic E-state index is 13.2. The number of carbonyl (C=O) groups is 1. The van der Waals surface area contributed by atoms with E-state index in [-0.39, 0.29) is 21.7 Å². The van der Waals surface area contributed by atoms with E-state index in [9.17, 15) is 18.0 Å². The lowest BCUT2D eigenvalue weighted by Crippen LogP contribution is -2.40. The van der Waals surface area contributed by atoms with Crippen molar-refractivity contribution in [2.24, 2.45) is 0 Å². The molecule has 1 aromatic heterocycles. The Kier molecular flexibility index (Phi) is 7.04. The molecule has 3 aromatic rings. The van der Waals surface area contributed by atoms with Crippen LogP contribution in [0.3, 0.4) is 0 Å². The first-order valence-corrected chi connectivity index (χ1v) is 11.5. The molecule has 176 valence electrons. The van der Waals surface area contributed by atoms with Gasteiger partial charge in [-0.15, -0.1) is 0 Å². The van der Waals surface area contributed by atoms with Crippen molar-refractivity contribution in [3.8, 4) is 5.75 Å². The Balaban J connectivity index is 1.54. The second kappa shape index (κ2) is 9.99. The molecule has 0 aliphatic carbocycles. The standard InChI is InChI=1S/C24H19ClF3N3O2S/c1-33-18-9-7-16(8-10-18)21-12-20(15-5-3-2-4-6-15)30-31(21)22(32)14-34-23-19(25)11-17(13-29-23)24(26,27)28/h2-13,21,30H,14H2,1H3/t21-/m1/s1. The Morgan fingerprint density at radius 3 is 2.50 bits per heavy atom. The van der Waals surface area contributed by atoms with E-state index < -0.39 is 17.8 Å². The minimum atomic E-state index is -4.54. The van der Waals surface area contributed by atoms with Gasteiger partial charge in [0.1, 0.15) is 10.8 Å². The normalized spacial score (nSPS) is 15.6. The zero-order valence-electron chi connectivity index (χ0n) is 17.8. The maximum atomic E-state index is 13.2. The zero-order chi connectivity index (χ0) is 24.3. The van der Waals surface area contributed by atoms with E-state index in [4.69, 9.17) is 16.3 Å². The zero-order valence-corrected chi connectivity index (χ0v) is 19.4. The van der Waals surface area contributed by atoms with E-state index in [0.29, 0.717) is 11.9 Å². The number of hydrazine groups is 1. The summed E-state index contributed by atoms with van der Waals surface area (Å²) in [5.41, 5.74) is 4.77. The number of halogens is 4. The summed E-state index contributed by atoms with van der Waals surface area (Å²) in [6.45, 7) is 0. The number of rotatable bonds is 6. The number of aromatic nitrogens is 1. The van der Waals surface area contributed by atoms with E-state index in [0.717, 1.165) is 34.7 Å². The third kappa shape index (κ3) is 5.31. The summed E-state index contributed by atoms with van der Waals surface area (Å²) in [5, 5.41) is 1.49. The highest BCUT2D eigenvalue weighted by molar-refractivity contribution is 8.00. The Hall–Kier alpha value is -3.17. The van der Waals surface area contributed by atoms with E-state index in [1.165, 1.54) is 5.01 Å². The molecule has 1 aliphatic heterocycles. The van der Waals surface area contributed by atoms with Gasteiger partial charge in [0.15, 0.2) is 0 Å². The molecule has 0 bridgehead atoms. The average molecular weight is 506 g/mol. The first-order valence-electron chi connectivity index (χ1n) is 10.1. The van der Waals surface area contributed by atoms with Crippen LogP contribution in [0.15, 0.2) is 78.0 Å². The molecule has 34 heavy (non-hydrogen) atoms. The van der Waals surface area contributed by atoms with Crippen molar-refractivity contribution in [2.45, 2.75) is 17.2 Å². The molecule has 0 spiro atoms. The van der Waals surface area contributed by atoms with Crippen molar-refractivity contribution in [3.05, 3.63) is 94.6 Å². The summed E-state index contributed by atoms with van der Waals surface area (Å²) in [7, 11) is 1.58. The molecule has 1 amide bonds. The largest absolute Gasteiger partial charge is 0.497 e. The molecule has 0 saturated heterocycles. The number of nitrogens with zero attached hydrogens (tertiary/aromatic N) is 2. The number of methoxy groups -OCH3 is 1. The van der Waals surface area contributed by atoms with Gasteiger partial charge in [0.2, 0.25) is 0 Å². The smallest absolute Gasteiger partial charge is 0.417 e. The van der Waals surface area contributed by atoms with Crippen LogP contribution in [0.2, 0.25) is 5.02 Å². The van der Waals surface area contributed by atoms with Gasteiger partial charge in [-0.1, -0.05) is 65.8 Å². The van der Waals surface area contributed by atoms with E-state index in [1.807, 2.05) is 60.7 Å². The Bertz CT molecular complexity index is 1200. The molecule has 4 rings (SSSR count). The molecule has 10 heteroatoms. The van der Waals surface area contributed by atoms with Crippen LogP contribution in [0.1, 0.15) is 22.7 Å². The van der Waals surface area contributed by atoms with E-state index in [1.54, 1.807) is 7.11 Å². The molecule has 0 fully saturated rings. The van der Waals surface area contributed by atoms with Crippen LogP contribution in [0.5, 0.6) is 5.75 Å². The summed E-state index contributed by atoms with van der Waals surface area (Å²) in [4.78, 5) is 17.0. The summed E-state index contributed by atoms with van der Waals surface area (Å²) in [6, 6.07) is 17.3. The van der Waals surface area contributed by atoms with Crippen molar-refractivity contribution in [1.82, 2.24) is 15.4 Å². The van der Waals surface area contributed by atoms with Crippen LogP contribution in [0.4, 0.5) is 13.2 Å². The van der Waals surface area contributed by atoms with Crippen LogP contribution in [-0.4, -0.2) is 28.8 Å². The molecular formula is C24H19ClF3N3O2S. The Morgan fingerprint density at radius 2 is 1.88 bits per heavy atom. The molecule has 1 N–H and O–H groups in total. The van der Waals surface area contributed by atoms with Gasteiger partial charge in [-0.25, -0.2) is 9.99 Å². The monoisotopic (exact) mass is 505 g/mol. The topological polar surface area (TPSA) is 54.5 Å². The highest BCUT2D eigenvalue weighted by Gasteiger charge is 2.33. The minimum absolute atomic E-state index is 0.0757. The van der Waals surface area contributed by atoms with Gasteiger partial charge in [-0.05, 0) is 35.4 Å². The predicted octanol–water partition coefficient (Wildman–Crippen LogP) is 5.98. The van der Waals surface area contributed by atoms with Crippen LogP contribution in [-0.2, 0) is 11.0 Å². The number of alkyl halides is 3. The minimum Gasteiger partial charge on any atom is -0.497 e. The van der Waals surface area contributed by atoms with Gasteiger partial charge in [0, 0.05) is 6.20 Å². The number of ether oxygens (including phenoxy) is 1. The lowest BCUT2D eigenvalue weighted by Gasteiger charge is -2.25. The van der Waals surface area contributed by atoms with Crippen LogP contribution < -0.4 is 10.2 Å². The quantitative estimate of drug-likeness (QED) is 0.417. The third-order valence-corrected chi connectivity index (χ3v) is 6.51. The molecule has 1 aliphatic rings. The average Bonchev–Trinajstić information content (AvgIpc) is 3.29. The third-order valence-electron chi connectivity index (χ3n) is 5.12. The molecule has 1 atom stereocenters. The first kappa shape index (κ1) is 24.0. The number of nitrogens with one attached hydrogen (secondary N) is 1. The predicted molar refractivity (Wildman–Crippen MR) is 125 cm³/mol. The first-order chi connectivity index (χ1) is 16.3. The van der Waals surface area contributed by atoms with E-state index >= 15 is 0 Å². The fourth-order valence-corrected chi connectivity index (χ4v) is 4.45. The van der Waals surface area contributed by atoms with Crippen molar-refractivity contribution in [1.29, 1.82) is 0 Å². The lowest BCUT2D eigenvalue weighted by atomic mass is 10.0. The van der Waals surface area contributed by atoms with Crippen LogP contribution in [0, 0.1) is 0 Å². The maximum Gasteiger partial charge on any atom is 0.417 e. The molecular weight excluding hydrogens is 487 g/mol. The molecule has 0 saturated carbocycles. The number of amides is 1. The number of hydrogen-bond acceptors (Lipinski definition) is 5. The highest BCUT2D eigenvalue weighted by Crippen LogP contribution is 2.35. The van der Waals surface area contributed by atoms with Gasteiger partial charge >= 0.3 is 6.18 Å². The summed E-state index contributed by atoms with van der Waals surface area (Å²) >= 11 is 6.97. The summed E-state index contributed by atoms with van der Waals surface area (Å²) in [5.74, 6) is 0.331. The van der Waals surface area contributed by atoms with Crippen molar-refractivity contribution in [3.63, 3.8) is 0 Å². The molecule has 5 nitrogen and oxygen atoms in total. The number of carbonyl (C=O) groups excluding carboxylic acids is 1. The van der Waals surface area contributed by atoms with Gasteiger partial charge in [0.05, 0.1) is 35.2 Å². The van der Waals surface area contributed by atoms with Gasteiger partial charge in [-0.2, -0.15) is 13.2 Å². The molecule has 0 radical (unpaired) electrons. The van der Waals surface area contributed by atoms with Crippen molar-refractivity contribution < 1.29 is 22.7 Å². The van der Waals surface area contributed by atoms with Gasteiger partial charge < -0.3 is 4.74 Å². The number of pyridine rings is 1. The number of hydrogen-bond donors (Lipinski definition) is 1. The van der Waals surface area contributed by atoms with Crippen molar-refractivity contribution in [2.75, 3.05) is 12.9 Å². The molecule has 0 unspecified atom stereocenters. The summed E-state index contributed by atoms with van der Waals surface area (Å²) in [6.07, 6.45) is -1.88. The van der Waals surface area contributed by atoms with Gasteiger partial charge in [-0.3, -0.25) is 10.2 Å². The highest BCUT2D eigenvalue weighted by atomic mass is 35.5. The second-order valence-corrected chi connectivity index (χ2v) is 8.71. The molecule has 2 aromatic carbocycles. The fourth-order valence-electron chi connectivity index (χ4n) is 3.40. The Morgan fingerprint density at radius 1 is 1.18 bits per heavy atom. The van der Waals surface area contributed by atoms with E-state index in [2.05, 4.69) is 10.4 Å².